The highest BCUT2D eigenvalue weighted by atomic mass is 14.2. The van der Waals surface area contributed by atoms with Gasteiger partial charge in [0, 0.05) is 0 Å². The highest BCUT2D eigenvalue weighted by Crippen LogP contribution is 2.47. The van der Waals surface area contributed by atoms with E-state index in [0.29, 0.717) is 0 Å². The Morgan fingerprint density at radius 2 is 0.425 bits per heavy atom. The van der Waals surface area contributed by atoms with Crippen molar-refractivity contribution in [2.75, 3.05) is 0 Å². The zero-order valence-corrected chi connectivity index (χ0v) is 44.0. The third-order valence-electron chi connectivity index (χ3n) is 16.5. The summed E-state index contributed by atoms with van der Waals surface area (Å²) in [5.41, 5.74) is 15.2. The summed E-state index contributed by atoms with van der Waals surface area (Å²) in [6, 6.07) is 115. The third kappa shape index (κ3) is 8.17. The molecule has 0 radical (unpaired) electrons. The summed E-state index contributed by atoms with van der Waals surface area (Å²) >= 11 is 0. The number of hydrogen-bond donors (Lipinski definition) is 0. The van der Waals surface area contributed by atoms with Gasteiger partial charge in [-0.25, -0.2) is 0 Å². The third-order valence-corrected chi connectivity index (χ3v) is 16.5. The van der Waals surface area contributed by atoms with Gasteiger partial charge in [-0.1, -0.05) is 297 Å². The Morgan fingerprint density at radius 1 is 0.125 bits per heavy atom. The van der Waals surface area contributed by atoms with E-state index in [4.69, 9.17) is 0 Å². The maximum atomic E-state index is 2.36. The van der Waals surface area contributed by atoms with E-state index in [0.717, 1.165) is 0 Å². The highest BCUT2D eigenvalue weighted by molar-refractivity contribution is 6.24. The van der Waals surface area contributed by atoms with E-state index >= 15 is 0 Å². The number of rotatable bonds is 6. The zero-order valence-electron chi connectivity index (χ0n) is 44.0. The maximum Gasteiger partial charge on any atom is -0.00201 e. The molecule has 0 heteroatoms. The van der Waals surface area contributed by atoms with Crippen molar-refractivity contribution in [3.63, 3.8) is 0 Å². The first-order valence-corrected chi connectivity index (χ1v) is 27.7. The Labute approximate surface area is 465 Å². The minimum absolute atomic E-state index is 1.24. The van der Waals surface area contributed by atoms with Crippen LogP contribution in [0.5, 0.6) is 0 Å². The molecular formula is C80H52. The van der Waals surface area contributed by atoms with Crippen molar-refractivity contribution in [1.29, 1.82) is 0 Å². The van der Waals surface area contributed by atoms with Crippen LogP contribution in [0.4, 0.5) is 0 Å². The summed E-state index contributed by atoms with van der Waals surface area (Å²) in [5.74, 6) is 0. The van der Waals surface area contributed by atoms with Crippen molar-refractivity contribution in [2.45, 2.75) is 0 Å². The Balaban J connectivity index is 0.000000138. The predicted octanol–water partition coefficient (Wildman–Crippen LogP) is 22.6. The Hall–Kier alpha value is -10.4. The molecule has 0 bridgehead atoms. The highest BCUT2D eigenvalue weighted by Gasteiger charge is 2.20. The molecule has 0 spiro atoms. The van der Waals surface area contributed by atoms with E-state index in [2.05, 4.69) is 315 Å². The first-order valence-electron chi connectivity index (χ1n) is 27.7. The number of hydrogen-bond acceptors (Lipinski definition) is 0. The lowest BCUT2D eigenvalue weighted by Gasteiger charge is -2.19. The van der Waals surface area contributed by atoms with Crippen LogP contribution in [0, 0.1) is 0 Å². The van der Waals surface area contributed by atoms with Gasteiger partial charge in [0.25, 0.3) is 0 Å². The summed E-state index contributed by atoms with van der Waals surface area (Å²) < 4.78 is 0. The van der Waals surface area contributed by atoms with E-state index in [9.17, 15) is 0 Å². The Morgan fingerprint density at radius 3 is 0.925 bits per heavy atom. The minimum atomic E-state index is 1.24. The molecule has 0 saturated heterocycles. The first kappa shape index (κ1) is 46.9. The van der Waals surface area contributed by atoms with Gasteiger partial charge in [0.15, 0.2) is 0 Å². The molecule has 0 fully saturated rings. The lowest BCUT2D eigenvalue weighted by molar-refractivity contribution is 1.63. The molecule has 372 valence electrons. The molecule has 0 aliphatic carbocycles. The van der Waals surface area contributed by atoms with Crippen molar-refractivity contribution in [2.24, 2.45) is 0 Å². The molecule has 0 aromatic heterocycles. The number of fused-ring (bicyclic) bond motifs is 8. The van der Waals surface area contributed by atoms with Gasteiger partial charge in [-0.05, 0) is 171 Å². The van der Waals surface area contributed by atoms with Crippen molar-refractivity contribution < 1.29 is 0 Å². The molecule has 16 aromatic rings. The molecule has 0 aliphatic rings. The van der Waals surface area contributed by atoms with Crippen molar-refractivity contribution in [3.05, 3.63) is 315 Å². The normalized spacial score (nSPS) is 11.5. The Bertz CT molecular complexity index is 4920. The van der Waals surface area contributed by atoms with E-state index < -0.39 is 0 Å². The summed E-state index contributed by atoms with van der Waals surface area (Å²) in [6.07, 6.45) is 0. The van der Waals surface area contributed by atoms with Crippen LogP contribution in [0.3, 0.4) is 0 Å². The quantitative estimate of drug-likeness (QED) is 0.146. The second-order valence-electron chi connectivity index (χ2n) is 21.0. The van der Waals surface area contributed by atoms with Crippen LogP contribution in [0.25, 0.3) is 153 Å². The second-order valence-corrected chi connectivity index (χ2v) is 21.0. The lowest BCUT2D eigenvalue weighted by Crippen LogP contribution is -1.91. The van der Waals surface area contributed by atoms with Crippen LogP contribution in [0.2, 0.25) is 0 Å². The van der Waals surface area contributed by atoms with Crippen molar-refractivity contribution in [3.8, 4) is 66.8 Å². The van der Waals surface area contributed by atoms with Gasteiger partial charge in [-0.15, -0.1) is 0 Å². The monoisotopic (exact) mass is 1010 g/mol. The molecule has 0 atom stereocenters. The minimum Gasteiger partial charge on any atom is -0.0622 e. The Kier molecular flexibility index (Phi) is 11.6. The fraction of sp³-hybridized carbons (Fsp3) is 0. The molecule has 0 aliphatic heterocycles. The molecule has 16 aromatic carbocycles. The topological polar surface area (TPSA) is 0 Å². The van der Waals surface area contributed by atoms with Gasteiger partial charge >= 0.3 is 0 Å². The molecule has 0 heterocycles. The molecule has 0 unspecified atom stereocenters. The smallest absolute Gasteiger partial charge is 0.00201 e. The van der Waals surface area contributed by atoms with Crippen molar-refractivity contribution in [1.82, 2.24) is 0 Å². The molecular weight excluding hydrogens is 961 g/mol. The van der Waals surface area contributed by atoms with Gasteiger partial charge in [0.05, 0.1) is 0 Å². The predicted molar refractivity (Wildman–Crippen MR) is 346 cm³/mol. The first-order chi connectivity index (χ1) is 39.7. The summed E-state index contributed by atoms with van der Waals surface area (Å²) in [4.78, 5) is 0. The standard InChI is InChI=1S/2C40H26/c1-2-12-31-26-32(25-20-27(31)10-1)40-37-17-7-5-15-35(37)39(36-16-6-8-18-38(36)40)30-23-21-29(22-24-30)34-19-9-13-28-11-3-4-14-33(28)34;1-2-11-27(12-3-1)29-21-22-31-26-32(24-23-30(31)25-29)39-35-16-6-8-18-37(35)40(38-19-9-7-17-36(38)39)34-20-10-14-28-13-4-5-15-33(28)34/h2*1-26H. The van der Waals surface area contributed by atoms with Crippen molar-refractivity contribution >= 4 is 86.2 Å². The molecule has 80 heavy (non-hydrogen) atoms. The number of benzene rings is 16. The van der Waals surface area contributed by atoms with Crippen LogP contribution in [-0.4, -0.2) is 0 Å². The molecule has 0 saturated carbocycles. The SMILES string of the molecule is c1ccc(-c2ccc3cc(-c4c5ccccc5c(-c5cccc6ccccc56)c5ccccc45)ccc3c2)cc1.c1ccc2cc(-c3c4ccccc4c(-c4ccc(-c5cccc6ccccc56)cc4)c4ccccc34)ccc2c1. The van der Waals surface area contributed by atoms with Crippen LogP contribution in [-0.2, 0) is 0 Å². The van der Waals surface area contributed by atoms with Crippen LogP contribution in [0.15, 0.2) is 315 Å². The van der Waals surface area contributed by atoms with E-state index in [1.54, 1.807) is 0 Å². The van der Waals surface area contributed by atoms with Crippen LogP contribution < -0.4 is 0 Å². The molecule has 0 nitrogen and oxygen atoms in total. The average Bonchev–Trinajstić information content (AvgIpc) is 3.70. The zero-order chi connectivity index (χ0) is 52.9. The fourth-order valence-corrected chi connectivity index (χ4v) is 12.8. The van der Waals surface area contributed by atoms with E-state index in [1.165, 1.54) is 153 Å². The van der Waals surface area contributed by atoms with Gasteiger partial charge in [-0.2, -0.15) is 0 Å². The summed E-state index contributed by atoms with van der Waals surface area (Å²) in [7, 11) is 0. The lowest BCUT2D eigenvalue weighted by atomic mass is 9.84. The van der Waals surface area contributed by atoms with Gasteiger partial charge in [0.1, 0.15) is 0 Å². The maximum absolute atomic E-state index is 2.36. The van der Waals surface area contributed by atoms with Crippen LogP contribution in [0.1, 0.15) is 0 Å². The van der Waals surface area contributed by atoms with Crippen LogP contribution >= 0.6 is 0 Å². The largest absolute Gasteiger partial charge is 0.0622 e. The van der Waals surface area contributed by atoms with Gasteiger partial charge in [0.2, 0.25) is 0 Å². The molecule has 0 amide bonds. The fourth-order valence-electron chi connectivity index (χ4n) is 12.8. The summed E-state index contributed by atoms with van der Waals surface area (Å²) in [5, 5.41) is 20.4. The van der Waals surface area contributed by atoms with Gasteiger partial charge < -0.3 is 0 Å². The second kappa shape index (κ2) is 19.9. The van der Waals surface area contributed by atoms with E-state index in [-0.39, 0.29) is 0 Å². The molecule has 16 rings (SSSR count). The van der Waals surface area contributed by atoms with E-state index in [1.807, 2.05) is 0 Å². The van der Waals surface area contributed by atoms with Gasteiger partial charge in [-0.3, -0.25) is 0 Å². The average molecular weight is 1010 g/mol. The molecule has 0 N–H and O–H groups in total. The summed E-state index contributed by atoms with van der Waals surface area (Å²) in [6.45, 7) is 0.